The average molecular weight is 309 g/mol. The Hall–Kier alpha value is -0.810. The lowest BCUT2D eigenvalue weighted by Crippen LogP contribution is -2.38. The lowest BCUT2D eigenvalue weighted by molar-refractivity contribution is 0.0288. The van der Waals surface area contributed by atoms with E-state index >= 15 is 0 Å². The lowest BCUT2D eigenvalue weighted by atomic mass is 10.1. The van der Waals surface area contributed by atoms with Gasteiger partial charge in [0.2, 0.25) is 0 Å². The molecule has 3 aliphatic rings. The van der Waals surface area contributed by atoms with Crippen molar-refractivity contribution in [2.45, 2.75) is 64.1 Å². The average Bonchev–Trinajstić information content (AvgIpc) is 2.99. The van der Waals surface area contributed by atoms with Crippen LogP contribution in [0, 0.1) is 5.92 Å². The highest BCUT2D eigenvalue weighted by molar-refractivity contribution is 5.68. The topological polar surface area (TPSA) is 44.8 Å². The third-order valence-corrected chi connectivity index (χ3v) is 4.92. The molecule has 0 aromatic rings. The maximum Gasteiger partial charge on any atom is 0.410 e. The SMILES string of the molecule is CC(C)(C)OC(=O)N1CCC(CNC2CCN(C3CC3)C2)C1. The fourth-order valence-electron chi connectivity index (χ4n) is 3.55. The first kappa shape index (κ1) is 16.1. The van der Waals surface area contributed by atoms with Crippen molar-refractivity contribution in [3.05, 3.63) is 0 Å². The van der Waals surface area contributed by atoms with Gasteiger partial charge in [0.05, 0.1) is 0 Å². The zero-order chi connectivity index (χ0) is 15.7. The molecule has 0 aromatic carbocycles. The predicted octanol–water partition coefficient (Wildman–Crippen LogP) is 2.07. The molecule has 3 fully saturated rings. The second kappa shape index (κ2) is 6.36. The van der Waals surface area contributed by atoms with E-state index in [1.807, 2.05) is 25.7 Å². The summed E-state index contributed by atoms with van der Waals surface area (Å²) in [5.74, 6) is 0.572. The number of hydrogen-bond acceptors (Lipinski definition) is 4. The van der Waals surface area contributed by atoms with Crippen LogP contribution >= 0.6 is 0 Å². The van der Waals surface area contributed by atoms with Crippen LogP contribution in [0.1, 0.15) is 46.5 Å². The Morgan fingerprint density at radius 3 is 2.59 bits per heavy atom. The van der Waals surface area contributed by atoms with Crippen LogP contribution in [0.2, 0.25) is 0 Å². The predicted molar refractivity (Wildman–Crippen MR) is 86.9 cm³/mol. The van der Waals surface area contributed by atoms with Gasteiger partial charge in [0.1, 0.15) is 5.60 Å². The number of amides is 1. The fraction of sp³-hybridized carbons (Fsp3) is 0.941. The van der Waals surface area contributed by atoms with Crippen molar-refractivity contribution < 1.29 is 9.53 Å². The number of hydrogen-bond donors (Lipinski definition) is 1. The van der Waals surface area contributed by atoms with Crippen molar-refractivity contribution >= 4 is 6.09 Å². The van der Waals surface area contributed by atoms with E-state index in [0.29, 0.717) is 12.0 Å². The van der Waals surface area contributed by atoms with Crippen LogP contribution in [0.25, 0.3) is 0 Å². The summed E-state index contributed by atoms with van der Waals surface area (Å²) < 4.78 is 5.46. The van der Waals surface area contributed by atoms with Gasteiger partial charge in [-0.05, 0) is 52.4 Å². The molecule has 2 saturated heterocycles. The minimum Gasteiger partial charge on any atom is -0.444 e. The molecule has 1 saturated carbocycles. The lowest BCUT2D eigenvalue weighted by Gasteiger charge is -2.24. The standard InChI is InChI=1S/C17H31N3O2/c1-17(2,3)22-16(21)20-8-6-13(11-20)10-18-14-7-9-19(12-14)15-4-5-15/h13-15,18H,4-12H2,1-3H3. The third kappa shape index (κ3) is 4.35. The zero-order valence-electron chi connectivity index (χ0n) is 14.3. The molecule has 5 heteroatoms. The van der Waals surface area contributed by atoms with E-state index in [0.717, 1.165) is 32.1 Å². The molecule has 1 N–H and O–H groups in total. The monoisotopic (exact) mass is 309 g/mol. The molecule has 0 aromatic heterocycles. The molecule has 0 spiro atoms. The number of likely N-dealkylation sites (tertiary alicyclic amines) is 2. The number of carbonyl (C=O) groups excluding carboxylic acids is 1. The number of ether oxygens (including phenoxy) is 1. The van der Waals surface area contributed by atoms with E-state index in [1.165, 1.54) is 32.4 Å². The van der Waals surface area contributed by atoms with Crippen LogP contribution in [0.5, 0.6) is 0 Å². The van der Waals surface area contributed by atoms with Crippen molar-refractivity contribution in [3.8, 4) is 0 Å². The van der Waals surface area contributed by atoms with Crippen LogP contribution in [-0.2, 0) is 4.74 Å². The Labute approximate surface area is 134 Å². The first-order valence-corrected chi connectivity index (χ1v) is 8.86. The van der Waals surface area contributed by atoms with Crippen LogP contribution in [0.15, 0.2) is 0 Å². The molecule has 0 bridgehead atoms. The minimum atomic E-state index is -0.399. The van der Waals surface area contributed by atoms with Gasteiger partial charge in [-0.15, -0.1) is 0 Å². The Kier molecular flexibility index (Phi) is 4.64. The molecule has 2 heterocycles. The summed E-state index contributed by atoms with van der Waals surface area (Å²) in [5, 5.41) is 3.72. The van der Waals surface area contributed by atoms with E-state index in [4.69, 9.17) is 4.74 Å². The summed E-state index contributed by atoms with van der Waals surface area (Å²) in [6.45, 7) is 10.9. The van der Waals surface area contributed by atoms with Gasteiger partial charge in [-0.25, -0.2) is 4.79 Å². The van der Waals surface area contributed by atoms with Crippen molar-refractivity contribution in [1.82, 2.24) is 15.1 Å². The highest BCUT2D eigenvalue weighted by Crippen LogP contribution is 2.30. The normalized spacial score (nSPS) is 30.0. The quantitative estimate of drug-likeness (QED) is 0.863. The summed E-state index contributed by atoms with van der Waals surface area (Å²) in [5.41, 5.74) is -0.399. The molecule has 1 amide bonds. The highest BCUT2D eigenvalue weighted by atomic mass is 16.6. The summed E-state index contributed by atoms with van der Waals surface area (Å²) in [4.78, 5) is 16.6. The number of rotatable bonds is 4. The Morgan fingerprint density at radius 1 is 1.14 bits per heavy atom. The summed E-state index contributed by atoms with van der Waals surface area (Å²) in [6.07, 6.45) is 5.01. The minimum absolute atomic E-state index is 0.157. The van der Waals surface area contributed by atoms with Crippen molar-refractivity contribution in [1.29, 1.82) is 0 Å². The largest absolute Gasteiger partial charge is 0.444 e. The number of carbonyl (C=O) groups is 1. The van der Waals surface area contributed by atoms with Gasteiger partial charge in [0, 0.05) is 44.8 Å². The Balaban J connectivity index is 1.35. The maximum atomic E-state index is 12.1. The Morgan fingerprint density at radius 2 is 1.91 bits per heavy atom. The molecule has 3 rings (SSSR count). The van der Waals surface area contributed by atoms with Crippen LogP contribution in [-0.4, -0.2) is 66.3 Å². The van der Waals surface area contributed by atoms with Gasteiger partial charge in [0.25, 0.3) is 0 Å². The van der Waals surface area contributed by atoms with Crippen molar-refractivity contribution in [3.63, 3.8) is 0 Å². The van der Waals surface area contributed by atoms with Gasteiger partial charge in [-0.3, -0.25) is 4.90 Å². The first-order valence-electron chi connectivity index (χ1n) is 8.86. The molecule has 126 valence electrons. The van der Waals surface area contributed by atoms with Gasteiger partial charge in [-0.1, -0.05) is 0 Å². The van der Waals surface area contributed by atoms with E-state index < -0.39 is 5.60 Å². The molecule has 5 nitrogen and oxygen atoms in total. The molecule has 2 unspecified atom stereocenters. The zero-order valence-corrected chi connectivity index (χ0v) is 14.3. The summed E-state index contributed by atoms with van der Waals surface area (Å²) in [6, 6.07) is 1.54. The number of nitrogens with zero attached hydrogens (tertiary/aromatic N) is 2. The molecule has 0 radical (unpaired) electrons. The van der Waals surface area contributed by atoms with Crippen LogP contribution < -0.4 is 5.32 Å². The smallest absolute Gasteiger partial charge is 0.410 e. The van der Waals surface area contributed by atoms with E-state index in [1.54, 1.807) is 0 Å². The molecular weight excluding hydrogens is 278 g/mol. The molecule has 1 aliphatic carbocycles. The fourth-order valence-corrected chi connectivity index (χ4v) is 3.55. The van der Waals surface area contributed by atoms with Gasteiger partial charge in [0.15, 0.2) is 0 Å². The van der Waals surface area contributed by atoms with Gasteiger partial charge < -0.3 is 15.0 Å². The van der Waals surface area contributed by atoms with Crippen molar-refractivity contribution in [2.75, 3.05) is 32.7 Å². The molecule has 22 heavy (non-hydrogen) atoms. The van der Waals surface area contributed by atoms with Gasteiger partial charge in [-0.2, -0.15) is 0 Å². The second-order valence-corrected chi connectivity index (χ2v) is 8.20. The molecule has 2 atom stereocenters. The van der Waals surface area contributed by atoms with E-state index in [-0.39, 0.29) is 6.09 Å². The number of nitrogens with one attached hydrogen (secondary N) is 1. The Bertz CT molecular complexity index is 403. The van der Waals surface area contributed by atoms with Crippen LogP contribution in [0.4, 0.5) is 4.79 Å². The molecule has 2 aliphatic heterocycles. The van der Waals surface area contributed by atoms with E-state index in [2.05, 4.69) is 10.2 Å². The highest BCUT2D eigenvalue weighted by Gasteiger charge is 2.35. The van der Waals surface area contributed by atoms with Crippen LogP contribution in [0.3, 0.4) is 0 Å². The first-order chi connectivity index (χ1) is 10.4. The van der Waals surface area contributed by atoms with E-state index in [9.17, 15) is 4.79 Å². The van der Waals surface area contributed by atoms with Crippen molar-refractivity contribution in [2.24, 2.45) is 5.92 Å². The van der Waals surface area contributed by atoms with Gasteiger partial charge >= 0.3 is 6.09 Å². The molecular formula is C17H31N3O2. The second-order valence-electron chi connectivity index (χ2n) is 8.20. The summed E-state index contributed by atoms with van der Waals surface area (Å²) in [7, 11) is 0. The maximum absolute atomic E-state index is 12.1. The third-order valence-electron chi connectivity index (χ3n) is 4.92. The summed E-state index contributed by atoms with van der Waals surface area (Å²) >= 11 is 0.